The van der Waals surface area contributed by atoms with E-state index in [1.165, 1.54) is 30.3 Å². The van der Waals surface area contributed by atoms with Gasteiger partial charge in [0.25, 0.3) is 17.6 Å². The first-order chi connectivity index (χ1) is 14.5. The molecule has 7 nitrogen and oxygen atoms in total. The molecule has 3 aromatic rings. The lowest BCUT2D eigenvalue weighted by Crippen LogP contribution is -2.52. The third-order valence-corrected chi connectivity index (χ3v) is 5.28. The number of carbonyl (C=O) groups excluding carboxylic acids is 3. The van der Waals surface area contributed by atoms with Crippen molar-refractivity contribution in [2.45, 2.75) is 0 Å². The molecular formula is C22H20FN3O4. The Labute approximate surface area is 172 Å². The molecule has 0 radical (unpaired) electrons. The number of methoxy groups -OCH3 is 1. The van der Waals surface area contributed by atoms with Crippen molar-refractivity contribution in [3.05, 3.63) is 65.6 Å². The van der Waals surface area contributed by atoms with Gasteiger partial charge in [0.2, 0.25) is 0 Å². The van der Waals surface area contributed by atoms with E-state index in [-0.39, 0.29) is 29.9 Å². The molecule has 30 heavy (non-hydrogen) atoms. The van der Waals surface area contributed by atoms with Crippen LogP contribution >= 0.6 is 0 Å². The molecule has 1 fully saturated rings. The van der Waals surface area contributed by atoms with Crippen LogP contribution in [0.1, 0.15) is 20.7 Å². The number of hydrogen-bond acceptors (Lipinski definition) is 4. The normalized spacial score (nSPS) is 14.1. The molecule has 2 amide bonds. The quantitative estimate of drug-likeness (QED) is 0.530. The highest BCUT2D eigenvalue weighted by Crippen LogP contribution is 2.30. The number of Topliss-reactive ketones (excluding diaryl/α,β-unsaturated/α-hetero) is 1. The van der Waals surface area contributed by atoms with Gasteiger partial charge < -0.3 is 19.5 Å². The zero-order chi connectivity index (χ0) is 21.3. The molecule has 0 bridgehead atoms. The van der Waals surface area contributed by atoms with Crippen molar-refractivity contribution in [1.29, 1.82) is 0 Å². The summed E-state index contributed by atoms with van der Waals surface area (Å²) in [5.41, 5.74) is 0.873. The summed E-state index contributed by atoms with van der Waals surface area (Å²) in [4.78, 5) is 44.0. The lowest BCUT2D eigenvalue weighted by atomic mass is 10.1. The van der Waals surface area contributed by atoms with Crippen molar-refractivity contribution in [3.8, 4) is 5.75 Å². The molecule has 1 aliphatic rings. The minimum Gasteiger partial charge on any atom is -0.495 e. The van der Waals surface area contributed by atoms with Crippen LogP contribution in [0, 0.1) is 5.82 Å². The minimum atomic E-state index is -0.795. The number of amides is 2. The van der Waals surface area contributed by atoms with Gasteiger partial charge in [-0.25, -0.2) is 4.39 Å². The Bertz CT molecular complexity index is 1120. The Morgan fingerprint density at radius 3 is 2.30 bits per heavy atom. The van der Waals surface area contributed by atoms with Crippen LogP contribution in [-0.4, -0.2) is 65.7 Å². The van der Waals surface area contributed by atoms with E-state index in [9.17, 15) is 18.8 Å². The second-order valence-corrected chi connectivity index (χ2v) is 6.98. The van der Waals surface area contributed by atoms with Gasteiger partial charge in [-0.2, -0.15) is 0 Å². The number of fused-ring (bicyclic) bond motifs is 1. The van der Waals surface area contributed by atoms with Gasteiger partial charge >= 0.3 is 0 Å². The smallest absolute Gasteiger partial charge is 0.295 e. The first-order valence-corrected chi connectivity index (χ1v) is 9.52. The lowest BCUT2D eigenvalue weighted by molar-refractivity contribution is -0.127. The number of carbonyl (C=O) groups is 3. The molecule has 0 atom stereocenters. The maximum Gasteiger partial charge on any atom is 0.295 e. The number of ether oxygens (including phenoxy) is 1. The van der Waals surface area contributed by atoms with E-state index in [2.05, 4.69) is 4.98 Å². The fraction of sp³-hybridized carbons (Fsp3) is 0.227. The van der Waals surface area contributed by atoms with Crippen molar-refractivity contribution in [3.63, 3.8) is 0 Å². The largest absolute Gasteiger partial charge is 0.495 e. The minimum absolute atomic E-state index is 0.0330. The van der Waals surface area contributed by atoms with Crippen LogP contribution in [0.4, 0.5) is 4.39 Å². The summed E-state index contributed by atoms with van der Waals surface area (Å²) in [7, 11) is 1.44. The first kappa shape index (κ1) is 19.6. The second-order valence-electron chi connectivity index (χ2n) is 6.98. The predicted octanol–water partition coefficient (Wildman–Crippen LogP) is 2.48. The van der Waals surface area contributed by atoms with Crippen LogP contribution in [-0.2, 0) is 4.79 Å². The number of hydrogen-bond donors (Lipinski definition) is 1. The van der Waals surface area contributed by atoms with Crippen molar-refractivity contribution in [2.24, 2.45) is 0 Å². The van der Waals surface area contributed by atoms with Crippen molar-refractivity contribution < 1.29 is 23.5 Å². The molecule has 0 spiro atoms. The summed E-state index contributed by atoms with van der Waals surface area (Å²) in [5, 5.41) is 0.0330. The standard InChI is InChI=1S/C22H20FN3O4/c1-30-17-8-7-16(23)18-15(13-24-19(17)18)20(27)22(29)26-11-9-25(10-12-26)21(28)14-5-3-2-4-6-14/h2-8,13,24H,9-12H2,1H3. The monoisotopic (exact) mass is 409 g/mol. The Morgan fingerprint density at radius 2 is 1.63 bits per heavy atom. The molecule has 1 N–H and O–H groups in total. The van der Waals surface area contributed by atoms with Gasteiger partial charge in [0, 0.05) is 37.9 Å². The maximum atomic E-state index is 14.4. The maximum absolute atomic E-state index is 14.4. The van der Waals surface area contributed by atoms with Gasteiger partial charge in [-0.15, -0.1) is 0 Å². The predicted molar refractivity (Wildman–Crippen MR) is 108 cm³/mol. The van der Waals surface area contributed by atoms with Crippen LogP contribution < -0.4 is 4.74 Å². The molecular weight excluding hydrogens is 389 g/mol. The van der Waals surface area contributed by atoms with Gasteiger partial charge in [0.05, 0.1) is 23.6 Å². The van der Waals surface area contributed by atoms with Crippen LogP contribution in [0.2, 0.25) is 0 Å². The Balaban J connectivity index is 1.48. The van der Waals surface area contributed by atoms with E-state index < -0.39 is 17.5 Å². The summed E-state index contributed by atoms with van der Waals surface area (Å²) in [5.74, 6) is -1.85. The summed E-state index contributed by atoms with van der Waals surface area (Å²) < 4.78 is 19.5. The van der Waals surface area contributed by atoms with Gasteiger partial charge in [-0.1, -0.05) is 18.2 Å². The fourth-order valence-electron chi connectivity index (χ4n) is 3.67. The topological polar surface area (TPSA) is 82.7 Å². The van der Waals surface area contributed by atoms with E-state index in [4.69, 9.17) is 4.74 Å². The lowest BCUT2D eigenvalue weighted by Gasteiger charge is -2.34. The molecule has 8 heteroatoms. The number of ketones is 1. The highest BCUT2D eigenvalue weighted by molar-refractivity contribution is 6.45. The van der Waals surface area contributed by atoms with E-state index in [0.717, 1.165) is 0 Å². The number of aromatic nitrogens is 1. The number of H-pyrrole nitrogens is 1. The van der Waals surface area contributed by atoms with Crippen LogP contribution in [0.5, 0.6) is 5.75 Å². The zero-order valence-electron chi connectivity index (χ0n) is 16.4. The Hall–Kier alpha value is -3.68. The van der Waals surface area contributed by atoms with Crippen LogP contribution in [0.25, 0.3) is 10.9 Å². The number of rotatable bonds is 4. The molecule has 2 aromatic carbocycles. The van der Waals surface area contributed by atoms with E-state index in [0.29, 0.717) is 29.9 Å². The highest BCUT2D eigenvalue weighted by Gasteiger charge is 2.31. The third kappa shape index (κ3) is 3.41. The zero-order valence-corrected chi connectivity index (χ0v) is 16.4. The van der Waals surface area contributed by atoms with E-state index >= 15 is 0 Å². The van der Waals surface area contributed by atoms with Gasteiger partial charge in [0.15, 0.2) is 0 Å². The number of nitrogens with one attached hydrogen (secondary N) is 1. The number of aromatic amines is 1. The average molecular weight is 409 g/mol. The molecule has 0 aliphatic carbocycles. The highest BCUT2D eigenvalue weighted by atomic mass is 19.1. The number of nitrogens with zero attached hydrogens (tertiary/aromatic N) is 2. The molecule has 1 saturated heterocycles. The summed E-state index contributed by atoms with van der Waals surface area (Å²) in [6, 6.07) is 11.5. The number of piperazine rings is 1. The molecule has 4 rings (SSSR count). The van der Waals surface area contributed by atoms with E-state index in [1.807, 2.05) is 6.07 Å². The van der Waals surface area contributed by atoms with Crippen molar-refractivity contribution in [1.82, 2.24) is 14.8 Å². The Morgan fingerprint density at radius 1 is 0.967 bits per heavy atom. The van der Waals surface area contributed by atoms with Crippen molar-refractivity contribution >= 4 is 28.5 Å². The first-order valence-electron chi connectivity index (χ1n) is 9.52. The SMILES string of the molecule is COc1ccc(F)c2c(C(=O)C(=O)N3CCN(C(=O)c4ccccc4)CC3)c[nH]c12. The Kier molecular flexibility index (Phi) is 5.22. The number of halogens is 1. The second kappa shape index (κ2) is 7.98. The molecule has 154 valence electrons. The van der Waals surface area contributed by atoms with Gasteiger partial charge in [0.1, 0.15) is 11.6 Å². The molecule has 2 heterocycles. The van der Waals surface area contributed by atoms with Gasteiger partial charge in [-0.05, 0) is 24.3 Å². The van der Waals surface area contributed by atoms with E-state index in [1.54, 1.807) is 29.2 Å². The molecule has 0 saturated carbocycles. The average Bonchev–Trinajstić information content (AvgIpc) is 3.25. The van der Waals surface area contributed by atoms with Crippen LogP contribution in [0.15, 0.2) is 48.7 Å². The fourth-order valence-corrected chi connectivity index (χ4v) is 3.67. The summed E-state index contributed by atoms with van der Waals surface area (Å²) >= 11 is 0. The summed E-state index contributed by atoms with van der Waals surface area (Å²) in [6.07, 6.45) is 1.33. The van der Waals surface area contributed by atoms with Crippen molar-refractivity contribution in [2.75, 3.05) is 33.3 Å². The number of benzene rings is 2. The molecule has 0 unspecified atom stereocenters. The molecule has 1 aliphatic heterocycles. The van der Waals surface area contributed by atoms with Crippen LogP contribution in [0.3, 0.4) is 0 Å². The third-order valence-electron chi connectivity index (χ3n) is 5.28. The van der Waals surface area contributed by atoms with Gasteiger partial charge in [-0.3, -0.25) is 14.4 Å². The molecule has 1 aromatic heterocycles. The summed E-state index contributed by atoms with van der Waals surface area (Å²) in [6.45, 7) is 1.11.